The van der Waals surface area contributed by atoms with Crippen LogP contribution in [0, 0.1) is 17.1 Å². The highest BCUT2D eigenvalue weighted by Crippen LogP contribution is 2.16. The smallest absolute Gasteiger partial charge is 0.141 e. The predicted octanol–water partition coefficient (Wildman–Crippen LogP) is 3.71. The van der Waals surface area contributed by atoms with E-state index in [1.807, 2.05) is 37.3 Å². The van der Waals surface area contributed by atoms with E-state index in [4.69, 9.17) is 10.00 Å². The molecule has 0 atom stereocenters. The highest BCUT2D eigenvalue weighted by atomic mass is 19.1. The molecule has 20 heavy (non-hydrogen) atoms. The fourth-order valence-electron chi connectivity index (χ4n) is 1.80. The van der Waals surface area contributed by atoms with Crippen LogP contribution in [0.1, 0.15) is 18.1 Å². The first-order valence-electron chi connectivity index (χ1n) is 6.38. The minimum absolute atomic E-state index is 0.0432. The Kier molecular flexibility index (Phi) is 4.56. The van der Waals surface area contributed by atoms with Crippen molar-refractivity contribution < 1.29 is 9.13 Å². The predicted molar refractivity (Wildman–Crippen MR) is 76.1 cm³/mol. The fourth-order valence-corrected chi connectivity index (χ4v) is 1.80. The van der Waals surface area contributed by atoms with Gasteiger partial charge < -0.3 is 10.1 Å². The Morgan fingerprint density at radius 2 is 1.95 bits per heavy atom. The van der Waals surface area contributed by atoms with Crippen LogP contribution in [0.2, 0.25) is 0 Å². The lowest BCUT2D eigenvalue weighted by Gasteiger charge is -2.08. The number of rotatable bonds is 5. The van der Waals surface area contributed by atoms with E-state index in [-0.39, 0.29) is 5.56 Å². The van der Waals surface area contributed by atoms with E-state index in [1.54, 1.807) is 6.07 Å². The largest absolute Gasteiger partial charge is 0.494 e. The number of nitriles is 1. The van der Waals surface area contributed by atoms with Crippen LogP contribution < -0.4 is 10.1 Å². The second kappa shape index (κ2) is 6.58. The van der Waals surface area contributed by atoms with Gasteiger partial charge in [-0.25, -0.2) is 4.39 Å². The average Bonchev–Trinajstić information content (AvgIpc) is 2.48. The molecule has 2 aromatic rings. The first-order chi connectivity index (χ1) is 9.72. The second-order valence-electron chi connectivity index (χ2n) is 4.24. The summed E-state index contributed by atoms with van der Waals surface area (Å²) in [6, 6.07) is 14.0. The summed E-state index contributed by atoms with van der Waals surface area (Å²) in [6.45, 7) is 3.18. The lowest BCUT2D eigenvalue weighted by Crippen LogP contribution is -2.00. The maximum atomic E-state index is 13.2. The van der Waals surface area contributed by atoms with Crippen LogP contribution >= 0.6 is 0 Å². The summed E-state index contributed by atoms with van der Waals surface area (Å²) in [6.07, 6.45) is 0. The molecule has 0 heterocycles. The molecule has 0 bridgehead atoms. The van der Waals surface area contributed by atoms with Crippen molar-refractivity contribution in [2.45, 2.75) is 13.5 Å². The third-order valence-corrected chi connectivity index (χ3v) is 2.82. The molecule has 0 radical (unpaired) electrons. The van der Waals surface area contributed by atoms with Crippen molar-refractivity contribution in [2.24, 2.45) is 0 Å². The molecule has 0 saturated carbocycles. The Morgan fingerprint density at radius 1 is 1.20 bits per heavy atom. The molecule has 0 amide bonds. The van der Waals surface area contributed by atoms with Crippen LogP contribution in [0.4, 0.5) is 10.1 Å². The molecule has 1 N–H and O–H groups in total. The number of hydrogen-bond donors (Lipinski definition) is 1. The van der Waals surface area contributed by atoms with Crippen LogP contribution in [0.3, 0.4) is 0 Å². The number of halogens is 1. The van der Waals surface area contributed by atoms with Crippen molar-refractivity contribution in [3.63, 3.8) is 0 Å². The molecule has 0 saturated heterocycles. The number of nitrogens with one attached hydrogen (secondary N) is 1. The van der Waals surface area contributed by atoms with Gasteiger partial charge in [0.2, 0.25) is 0 Å². The maximum absolute atomic E-state index is 13.2. The monoisotopic (exact) mass is 270 g/mol. The summed E-state index contributed by atoms with van der Waals surface area (Å²) >= 11 is 0. The Morgan fingerprint density at radius 3 is 2.60 bits per heavy atom. The zero-order valence-electron chi connectivity index (χ0n) is 11.2. The zero-order valence-corrected chi connectivity index (χ0v) is 11.2. The Hall–Kier alpha value is -2.54. The highest BCUT2D eigenvalue weighted by Gasteiger charge is 2.02. The zero-order chi connectivity index (χ0) is 14.4. The van der Waals surface area contributed by atoms with Gasteiger partial charge in [-0.15, -0.1) is 0 Å². The van der Waals surface area contributed by atoms with E-state index in [0.29, 0.717) is 13.2 Å². The molecular formula is C16H15FN2O. The van der Waals surface area contributed by atoms with E-state index in [2.05, 4.69) is 5.32 Å². The third-order valence-electron chi connectivity index (χ3n) is 2.82. The molecular weight excluding hydrogens is 255 g/mol. The summed E-state index contributed by atoms with van der Waals surface area (Å²) in [4.78, 5) is 0. The number of benzene rings is 2. The first kappa shape index (κ1) is 13.9. The molecule has 0 aromatic heterocycles. The SMILES string of the molecule is CCOc1ccc(CNc2ccc(F)c(C#N)c2)cc1. The van der Waals surface area contributed by atoms with Crippen molar-refractivity contribution in [3.8, 4) is 11.8 Å². The normalized spacial score (nSPS) is 9.85. The van der Waals surface area contributed by atoms with E-state index in [9.17, 15) is 4.39 Å². The van der Waals surface area contributed by atoms with Gasteiger partial charge in [0.05, 0.1) is 12.2 Å². The summed E-state index contributed by atoms with van der Waals surface area (Å²) in [5.41, 5.74) is 1.84. The van der Waals surface area contributed by atoms with Crippen molar-refractivity contribution >= 4 is 5.69 Å². The Balaban J connectivity index is 2.00. The van der Waals surface area contributed by atoms with Crippen LogP contribution in [-0.2, 0) is 6.54 Å². The number of anilines is 1. The molecule has 0 fully saturated rings. The average molecular weight is 270 g/mol. The molecule has 0 aliphatic heterocycles. The quantitative estimate of drug-likeness (QED) is 0.900. The molecule has 0 aliphatic carbocycles. The van der Waals surface area contributed by atoms with Gasteiger partial charge in [0.15, 0.2) is 0 Å². The minimum atomic E-state index is -0.501. The van der Waals surface area contributed by atoms with Crippen molar-refractivity contribution in [1.29, 1.82) is 5.26 Å². The van der Waals surface area contributed by atoms with Gasteiger partial charge in [-0.3, -0.25) is 0 Å². The lowest BCUT2D eigenvalue weighted by atomic mass is 10.2. The second-order valence-corrected chi connectivity index (χ2v) is 4.24. The molecule has 0 aliphatic rings. The molecule has 0 spiro atoms. The van der Waals surface area contributed by atoms with Crippen molar-refractivity contribution in [2.75, 3.05) is 11.9 Å². The molecule has 0 unspecified atom stereocenters. The van der Waals surface area contributed by atoms with E-state index in [1.165, 1.54) is 12.1 Å². The summed E-state index contributed by atoms with van der Waals surface area (Å²) in [5.74, 6) is 0.337. The van der Waals surface area contributed by atoms with Gasteiger partial charge in [0.1, 0.15) is 17.6 Å². The van der Waals surface area contributed by atoms with Crippen LogP contribution in [0.15, 0.2) is 42.5 Å². The Labute approximate surface area is 117 Å². The van der Waals surface area contributed by atoms with E-state index in [0.717, 1.165) is 17.0 Å². The van der Waals surface area contributed by atoms with Gasteiger partial charge in [-0.05, 0) is 42.8 Å². The summed E-state index contributed by atoms with van der Waals surface area (Å²) in [5, 5.41) is 11.9. The van der Waals surface area contributed by atoms with Gasteiger partial charge in [-0.2, -0.15) is 5.26 Å². The van der Waals surface area contributed by atoms with Crippen molar-refractivity contribution in [3.05, 3.63) is 59.4 Å². The Bertz CT molecular complexity index is 617. The van der Waals surface area contributed by atoms with Gasteiger partial charge >= 0.3 is 0 Å². The summed E-state index contributed by atoms with van der Waals surface area (Å²) in [7, 11) is 0. The number of hydrogen-bond acceptors (Lipinski definition) is 3. The van der Waals surface area contributed by atoms with Crippen LogP contribution in [0.5, 0.6) is 5.75 Å². The minimum Gasteiger partial charge on any atom is -0.494 e. The fraction of sp³-hybridized carbons (Fsp3) is 0.188. The first-order valence-corrected chi connectivity index (χ1v) is 6.38. The molecule has 102 valence electrons. The molecule has 2 rings (SSSR count). The molecule has 4 heteroatoms. The maximum Gasteiger partial charge on any atom is 0.141 e. The van der Waals surface area contributed by atoms with Crippen molar-refractivity contribution in [1.82, 2.24) is 0 Å². The number of ether oxygens (including phenoxy) is 1. The topological polar surface area (TPSA) is 45.0 Å². The summed E-state index contributed by atoms with van der Waals surface area (Å²) < 4.78 is 18.6. The lowest BCUT2D eigenvalue weighted by molar-refractivity contribution is 0.340. The standard InChI is InChI=1S/C16H15FN2O/c1-2-20-15-6-3-12(4-7-15)11-19-14-5-8-16(17)13(9-14)10-18/h3-9,19H,2,11H2,1H3. The van der Waals surface area contributed by atoms with Crippen LogP contribution in [0.25, 0.3) is 0 Å². The molecule has 3 nitrogen and oxygen atoms in total. The highest BCUT2D eigenvalue weighted by molar-refractivity contribution is 5.50. The van der Waals surface area contributed by atoms with E-state index >= 15 is 0 Å². The third kappa shape index (κ3) is 3.48. The van der Waals surface area contributed by atoms with Gasteiger partial charge in [-0.1, -0.05) is 12.1 Å². The van der Waals surface area contributed by atoms with E-state index < -0.39 is 5.82 Å². The van der Waals surface area contributed by atoms with Crippen LogP contribution in [-0.4, -0.2) is 6.61 Å². The van der Waals surface area contributed by atoms with Gasteiger partial charge in [0, 0.05) is 12.2 Å². The number of nitrogens with zero attached hydrogens (tertiary/aromatic N) is 1. The van der Waals surface area contributed by atoms with Gasteiger partial charge in [0.25, 0.3) is 0 Å². The molecule has 2 aromatic carbocycles.